The van der Waals surface area contributed by atoms with E-state index in [1.165, 1.54) is 11.3 Å². The molecule has 16 heavy (non-hydrogen) atoms. The summed E-state index contributed by atoms with van der Waals surface area (Å²) in [5.74, 6) is -0.102. The van der Waals surface area contributed by atoms with E-state index in [2.05, 4.69) is 15.3 Å². The van der Waals surface area contributed by atoms with Gasteiger partial charge in [-0.15, -0.1) is 0 Å². The number of aromatic nitrogens is 2. The van der Waals surface area contributed by atoms with Gasteiger partial charge in [0.15, 0.2) is 11.1 Å². The SMILES string of the molecule is Cc1nc(NC(=N)N)sc1-c1ccncc1. The van der Waals surface area contributed by atoms with E-state index in [-0.39, 0.29) is 5.96 Å². The van der Waals surface area contributed by atoms with Crippen molar-refractivity contribution < 1.29 is 0 Å². The molecule has 0 saturated heterocycles. The molecule has 5 nitrogen and oxygen atoms in total. The molecule has 2 rings (SSSR count). The van der Waals surface area contributed by atoms with Crippen LogP contribution in [0.2, 0.25) is 0 Å². The summed E-state index contributed by atoms with van der Waals surface area (Å²) in [7, 11) is 0. The number of nitrogens with two attached hydrogens (primary N) is 1. The first-order chi connectivity index (χ1) is 7.66. The Bertz CT molecular complexity index is 505. The lowest BCUT2D eigenvalue weighted by Crippen LogP contribution is -2.20. The van der Waals surface area contributed by atoms with E-state index in [1.807, 2.05) is 19.1 Å². The van der Waals surface area contributed by atoms with Crippen molar-refractivity contribution in [3.05, 3.63) is 30.2 Å². The van der Waals surface area contributed by atoms with Crippen molar-refractivity contribution >= 4 is 22.4 Å². The zero-order chi connectivity index (χ0) is 11.5. The molecular formula is C10H11N5S. The van der Waals surface area contributed by atoms with Crippen molar-refractivity contribution in [1.29, 1.82) is 5.41 Å². The Morgan fingerprint density at radius 2 is 2.12 bits per heavy atom. The molecule has 2 aromatic rings. The van der Waals surface area contributed by atoms with Crippen LogP contribution in [0.5, 0.6) is 0 Å². The predicted octanol–water partition coefficient (Wildman–Crippen LogP) is 1.82. The van der Waals surface area contributed by atoms with Gasteiger partial charge in [-0.2, -0.15) is 0 Å². The smallest absolute Gasteiger partial charge is 0.192 e. The summed E-state index contributed by atoms with van der Waals surface area (Å²) in [6.07, 6.45) is 3.49. The maximum Gasteiger partial charge on any atom is 0.192 e. The molecule has 0 fully saturated rings. The number of pyridine rings is 1. The van der Waals surface area contributed by atoms with Gasteiger partial charge >= 0.3 is 0 Å². The highest BCUT2D eigenvalue weighted by Crippen LogP contribution is 2.31. The fraction of sp³-hybridized carbons (Fsp3) is 0.100. The minimum atomic E-state index is -0.102. The average Bonchev–Trinajstić information content (AvgIpc) is 2.60. The highest BCUT2D eigenvalue weighted by molar-refractivity contribution is 7.19. The normalized spacial score (nSPS) is 10.1. The van der Waals surface area contributed by atoms with E-state index in [0.29, 0.717) is 5.13 Å². The molecule has 0 atom stereocenters. The highest BCUT2D eigenvalue weighted by Gasteiger charge is 2.09. The maximum absolute atomic E-state index is 7.14. The van der Waals surface area contributed by atoms with E-state index in [0.717, 1.165) is 16.1 Å². The first kappa shape index (κ1) is 10.6. The van der Waals surface area contributed by atoms with E-state index < -0.39 is 0 Å². The quantitative estimate of drug-likeness (QED) is 0.545. The van der Waals surface area contributed by atoms with Crippen molar-refractivity contribution in [1.82, 2.24) is 9.97 Å². The van der Waals surface area contributed by atoms with Gasteiger partial charge in [-0.05, 0) is 24.6 Å². The molecule has 2 heterocycles. The number of nitrogens with zero attached hydrogens (tertiary/aromatic N) is 2. The molecule has 0 radical (unpaired) electrons. The molecule has 0 aliphatic heterocycles. The topological polar surface area (TPSA) is 87.7 Å². The lowest BCUT2D eigenvalue weighted by atomic mass is 10.2. The predicted molar refractivity (Wildman–Crippen MR) is 65.6 cm³/mol. The number of hydrogen-bond acceptors (Lipinski definition) is 4. The van der Waals surface area contributed by atoms with E-state index in [9.17, 15) is 0 Å². The van der Waals surface area contributed by atoms with Crippen molar-refractivity contribution in [3.63, 3.8) is 0 Å². The second-order valence-electron chi connectivity index (χ2n) is 3.21. The Balaban J connectivity index is 2.36. The molecule has 2 aromatic heterocycles. The molecule has 0 aliphatic carbocycles. The zero-order valence-corrected chi connectivity index (χ0v) is 9.51. The molecule has 4 N–H and O–H groups in total. The van der Waals surface area contributed by atoms with E-state index in [1.54, 1.807) is 12.4 Å². The van der Waals surface area contributed by atoms with E-state index in [4.69, 9.17) is 11.1 Å². The standard InChI is InChI=1S/C10H11N5S/c1-6-8(7-2-4-13-5-3-7)16-10(14-6)15-9(11)12/h2-5H,1H3,(H4,11,12,14,15). The average molecular weight is 233 g/mol. The van der Waals surface area contributed by atoms with Gasteiger partial charge in [0.2, 0.25) is 0 Å². The second kappa shape index (κ2) is 4.28. The molecule has 0 amide bonds. The van der Waals surface area contributed by atoms with Gasteiger partial charge in [0.05, 0.1) is 10.6 Å². The van der Waals surface area contributed by atoms with Crippen LogP contribution in [0.3, 0.4) is 0 Å². The van der Waals surface area contributed by atoms with Gasteiger partial charge < -0.3 is 11.1 Å². The van der Waals surface area contributed by atoms with Gasteiger partial charge in [-0.1, -0.05) is 11.3 Å². The molecule has 0 aromatic carbocycles. The van der Waals surface area contributed by atoms with Crippen LogP contribution in [-0.2, 0) is 0 Å². The van der Waals surface area contributed by atoms with Gasteiger partial charge in [0.1, 0.15) is 0 Å². The first-order valence-corrected chi connectivity index (χ1v) is 5.47. The number of aryl methyl sites for hydroxylation is 1. The minimum absolute atomic E-state index is 0.102. The van der Waals surface area contributed by atoms with Crippen molar-refractivity contribution in [3.8, 4) is 10.4 Å². The summed E-state index contributed by atoms with van der Waals surface area (Å²) in [5, 5.41) is 10.5. The van der Waals surface area contributed by atoms with Crippen LogP contribution in [0.25, 0.3) is 10.4 Å². The number of hydrogen-bond donors (Lipinski definition) is 3. The van der Waals surface area contributed by atoms with Crippen LogP contribution in [0, 0.1) is 12.3 Å². The highest BCUT2D eigenvalue weighted by atomic mass is 32.1. The number of guanidine groups is 1. The van der Waals surface area contributed by atoms with Crippen LogP contribution in [0.4, 0.5) is 5.13 Å². The summed E-state index contributed by atoms with van der Waals surface area (Å²) in [6, 6.07) is 3.86. The molecule has 0 bridgehead atoms. The number of nitrogens with one attached hydrogen (secondary N) is 2. The zero-order valence-electron chi connectivity index (χ0n) is 8.69. The maximum atomic E-state index is 7.14. The molecule has 0 saturated carbocycles. The fourth-order valence-electron chi connectivity index (χ4n) is 1.34. The summed E-state index contributed by atoms with van der Waals surface area (Å²) in [4.78, 5) is 9.32. The minimum Gasteiger partial charge on any atom is -0.370 e. The molecule has 0 spiro atoms. The molecule has 82 valence electrons. The van der Waals surface area contributed by atoms with Crippen molar-refractivity contribution in [2.75, 3.05) is 5.32 Å². The third-order valence-corrected chi connectivity index (χ3v) is 3.10. The third-order valence-electron chi connectivity index (χ3n) is 1.98. The van der Waals surface area contributed by atoms with Crippen LogP contribution >= 0.6 is 11.3 Å². The summed E-state index contributed by atoms with van der Waals surface area (Å²) >= 11 is 1.47. The Morgan fingerprint density at radius 3 is 2.75 bits per heavy atom. The van der Waals surface area contributed by atoms with Gasteiger partial charge in [0, 0.05) is 12.4 Å². The molecule has 0 aliphatic rings. The largest absolute Gasteiger partial charge is 0.370 e. The van der Waals surface area contributed by atoms with Crippen LogP contribution in [0.15, 0.2) is 24.5 Å². The van der Waals surface area contributed by atoms with Gasteiger partial charge in [-0.25, -0.2) is 4.98 Å². The first-order valence-electron chi connectivity index (χ1n) is 4.65. The Kier molecular flexibility index (Phi) is 2.82. The molecule has 0 unspecified atom stereocenters. The Hall–Kier alpha value is -1.95. The summed E-state index contributed by atoms with van der Waals surface area (Å²) < 4.78 is 0. The number of rotatable bonds is 2. The second-order valence-corrected chi connectivity index (χ2v) is 4.21. The number of anilines is 1. The van der Waals surface area contributed by atoms with Crippen LogP contribution in [-0.4, -0.2) is 15.9 Å². The summed E-state index contributed by atoms with van der Waals surface area (Å²) in [6.45, 7) is 1.93. The lowest BCUT2D eigenvalue weighted by Gasteiger charge is -1.96. The Labute approximate surface area is 96.9 Å². The van der Waals surface area contributed by atoms with Gasteiger partial charge in [-0.3, -0.25) is 10.4 Å². The monoisotopic (exact) mass is 233 g/mol. The van der Waals surface area contributed by atoms with Crippen LogP contribution < -0.4 is 11.1 Å². The lowest BCUT2D eigenvalue weighted by molar-refractivity contribution is 1.25. The van der Waals surface area contributed by atoms with E-state index >= 15 is 0 Å². The summed E-state index contributed by atoms with van der Waals surface area (Å²) in [5.41, 5.74) is 7.24. The molecule has 6 heteroatoms. The van der Waals surface area contributed by atoms with Crippen molar-refractivity contribution in [2.24, 2.45) is 5.73 Å². The fourth-order valence-corrected chi connectivity index (χ4v) is 2.32. The number of thiazole rings is 1. The molecular weight excluding hydrogens is 222 g/mol. The van der Waals surface area contributed by atoms with Gasteiger partial charge in [0.25, 0.3) is 0 Å². The van der Waals surface area contributed by atoms with Crippen LogP contribution in [0.1, 0.15) is 5.69 Å². The Morgan fingerprint density at radius 1 is 1.44 bits per heavy atom. The third kappa shape index (κ3) is 2.17. The van der Waals surface area contributed by atoms with Crippen molar-refractivity contribution in [2.45, 2.75) is 6.92 Å².